The molecule has 138 valence electrons. The van der Waals surface area contributed by atoms with Gasteiger partial charge in [0.15, 0.2) is 0 Å². The van der Waals surface area contributed by atoms with Gasteiger partial charge in [0.1, 0.15) is 5.54 Å². The molecule has 1 atom stereocenters. The maximum Gasteiger partial charge on any atom is 0.322 e. The summed E-state index contributed by atoms with van der Waals surface area (Å²) in [6.07, 6.45) is 3.68. The highest BCUT2D eigenvalue weighted by Gasteiger charge is 2.43. The fourth-order valence-corrected chi connectivity index (χ4v) is 3.78. The largest absolute Gasteiger partial charge is 0.326 e. The Labute approximate surface area is 157 Å². The summed E-state index contributed by atoms with van der Waals surface area (Å²) in [5.74, 6) is -0.524. The highest BCUT2D eigenvalue weighted by molar-refractivity contribution is 6.07. The zero-order chi connectivity index (χ0) is 19.0. The van der Waals surface area contributed by atoms with Gasteiger partial charge in [0.05, 0.1) is 6.42 Å². The molecule has 1 fully saturated rings. The van der Waals surface area contributed by atoms with Crippen LogP contribution in [0.4, 0.5) is 10.5 Å². The van der Waals surface area contributed by atoms with Crippen molar-refractivity contribution in [2.75, 3.05) is 5.32 Å². The second-order valence-corrected chi connectivity index (χ2v) is 7.30. The van der Waals surface area contributed by atoms with E-state index in [1.807, 2.05) is 6.07 Å². The fourth-order valence-electron chi connectivity index (χ4n) is 3.78. The van der Waals surface area contributed by atoms with Crippen molar-refractivity contribution in [1.29, 1.82) is 0 Å². The lowest BCUT2D eigenvalue weighted by molar-refractivity contribution is -0.123. The summed E-state index contributed by atoms with van der Waals surface area (Å²) in [4.78, 5) is 36.0. The molecule has 1 aliphatic heterocycles. The Bertz CT molecular complexity index is 953. The van der Waals surface area contributed by atoms with Crippen LogP contribution in [0.5, 0.6) is 0 Å². The number of fused-ring (bicyclic) bond motifs is 1. The van der Waals surface area contributed by atoms with Gasteiger partial charge in [-0.1, -0.05) is 30.3 Å². The van der Waals surface area contributed by atoms with E-state index in [1.54, 1.807) is 31.2 Å². The highest BCUT2D eigenvalue weighted by Crippen LogP contribution is 2.27. The fraction of sp³-hybridized carbons (Fsp3) is 0.286. The number of carbonyl (C=O) groups is 3. The Kier molecular flexibility index (Phi) is 4.18. The Morgan fingerprint density at radius 1 is 1.11 bits per heavy atom. The second kappa shape index (κ2) is 6.54. The van der Waals surface area contributed by atoms with Crippen molar-refractivity contribution in [3.63, 3.8) is 0 Å². The molecule has 4 amide bonds. The lowest BCUT2D eigenvalue weighted by atomic mass is 9.92. The first-order chi connectivity index (χ1) is 12.9. The summed E-state index contributed by atoms with van der Waals surface area (Å²) in [5, 5.41) is 7.75. The van der Waals surface area contributed by atoms with Gasteiger partial charge in [-0.3, -0.25) is 14.9 Å². The Balaban J connectivity index is 1.47. The average molecular weight is 363 g/mol. The van der Waals surface area contributed by atoms with Crippen molar-refractivity contribution in [3.8, 4) is 0 Å². The molecule has 1 aliphatic carbocycles. The van der Waals surface area contributed by atoms with E-state index in [2.05, 4.69) is 28.1 Å². The molecule has 0 aromatic heterocycles. The molecule has 0 bridgehead atoms. The maximum atomic E-state index is 12.5. The number of amides is 4. The first-order valence-electron chi connectivity index (χ1n) is 9.09. The van der Waals surface area contributed by atoms with Crippen LogP contribution in [0.15, 0.2) is 42.5 Å². The first-order valence-corrected chi connectivity index (χ1v) is 9.09. The highest BCUT2D eigenvalue weighted by atomic mass is 16.2. The molecule has 2 aliphatic rings. The van der Waals surface area contributed by atoms with E-state index in [9.17, 15) is 14.4 Å². The molecule has 27 heavy (non-hydrogen) atoms. The molecule has 2 aromatic rings. The number of nitrogens with one attached hydrogen (secondary N) is 3. The number of aryl methyl sites for hydroxylation is 2. The van der Waals surface area contributed by atoms with E-state index in [0.29, 0.717) is 17.7 Å². The van der Waals surface area contributed by atoms with Crippen LogP contribution in [-0.2, 0) is 34.4 Å². The van der Waals surface area contributed by atoms with Crippen LogP contribution >= 0.6 is 0 Å². The topological polar surface area (TPSA) is 87.3 Å². The standard InChI is InChI=1S/C21H21N3O3/c1-21(19(26)23-20(27)24-21)16-6-3-7-17(12-16)22-18(25)11-13-8-9-14-4-2-5-15(14)10-13/h3,6-10,12H,2,4-5,11H2,1H3,(H,22,25)(H2,23,24,26,27)/t21-/m1/s1. The normalized spacial score (nSPS) is 20.8. The van der Waals surface area contributed by atoms with Crippen LogP contribution in [0.1, 0.15) is 35.6 Å². The van der Waals surface area contributed by atoms with Crippen LogP contribution in [-0.4, -0.2) is 17.8 Å². The Hall–Kier alpha value is -3.15. The zero-order valence-electron chi connectivity index (χ0n) is 15.1. The third-order valence-electron chi connectivity index (χ3n) is 5.30. The minimum Gasteiger partial charge on any atom is -0.326 e. The minimum absolute atomic E-state index is 0.116. The Morgan fingerprint density at radius 3 is 2.70 bits per heavy atom. The van der Waals surface area contributed by atoms with Crippen LogP contribution in [0.2, 0.25) is 0 Å². The molecule has 3 N–H and O–H groups in total. The Morgan fingerprint density at radius 2 is 1.93 bits per heavy atom. The van der Waals surface area contributed by atoms with Gasteiger partial charge in [0.2, 0.25) is 5.91 Å². The molecule has 0 unspecified atom stereocenters. The van der Waals surface area contributed by atoms with E-state index in [-0.39, 0.29) is 5.91 Å². The van der Waals surface area contributed by atoms with Crippen LogP contribution < -0.4 is 16.0 Å². The molecular formula is C21H21N3O3. The predicted molar refractivity (Wildman–Crippen MR) is 101 cm³/mol. The summed E-state index contributed by atoms with van der Waals surface area (Å²) in [7, 11) is 0. The summed E-state index contributed by atoms with van der Waals surface area (Å²) in [6.45, 7) is 1.64. The lowest BCUT2D eigenvalue weighted by Crippen LogP contribution is -2.40. The number of anilines is 1. The molecule has 4 rings (SSSR count). The van der Waals surface area contributed by atoms with Crippen molar-refractivity contribution in [2.24, 2.45) is 0 Å². The van der Waals surface area contributed by atoms with Crippen molar-refractivity contribution in [2.45, 2.75) is 38.1 Å². The molecule has 2 aromatic carbocycles. The third kappa shape index (κ3) is 3.30. The summed E-state index contributed by atoms with van der Waals surface area (Å²) in [5.41, 5.74) is 3.79. The van der Waals surface area contributed by atoms with Gasteiger partial charge < -0.3 is 10.6 Å². The SMILES string of the molecule is C[C@]1(c2cccc(NC(=O)Cc3ccc4c(c3)CCC4)c2)NC(=O)NC1=O. The number of benzene rings is 2. The van der Waals surface area contributed by atoms with E-state index in [0.717, 1.165) is 18.4 Å². The zero-order valence-corrected chi connectivity index (χ0v) is 15.1. The lowest BCUT2D eigenvalue weighted by Gasteiger charge is -2.21. The van der Waals surface area contributed by atoms with E-state index >= 15 is 0 Å². The number of urea groups is 1. The van der Waals surface area contributed by atoms with E-state index < -0.39 is 17.5 Å². The molecular weight excluding hydrogens is 342 g/mol. The van der Waals surface area contributed by atoms with Gasteiger partial charge >= 0.3 is 6.03 Å². The van der Waals surface area contributed by atoms with Crippen molar-refractivity contribution in [3.05, 3.63) is 64.7 Å². The number of rotatable bonds is 4. The van der Waals surface area contributed by atoms with Crippen LogP contribution in [0.25, 0.3) is 0 Å². The summed E-state index contributed by atoms with van der Waals surface area (Å²) < 4.78 is 0. The number of hydrogen-bond donors (Lipinski definition) is 3. The minimum atomic E-state index is -1.14. The van der Waals surface area contributed by atoms with E-state index in [1.165, 1.54) is 17.5 Å². The van der Waals surface area contributed by atoms with Gasteiger partial charge in [-0.05, 0) is 60.6 Å². The third-order valence-corrected chi connectivity index (χ3v) is 5.30. The van der Waals surface area contributed by atoms with Crippen LogP contribution in [0.3, 0.4) is 0 Å². The first kappa shape index (κ1) is 17.3. The van der Waals surface area contributed by atoms with Gasteiger partial charge in [0, 0.05) is 5.69 Å². The van der Waals surface area contributed by atoms with Gasteiger partial charge in [0.25, 0.3) is 5.91 Å². The summed E-state index contributed by atoms with van der Waals surface area (Å²) >= 11 is 0. The average Bonchev–Trinajstić information content (AvgIpc) is 3.19. The van der Waals surface area contributed by atoms with E-state index in [4.69, 9.17) is 0 Å². The van der Waals surface area contributed by atoms with Crippen molar-refractivity contribution >= 4 is 23.5 Å². The van der Waals surface area contributed by atoms with Gasteiger partial charge in [-0.25, -0.2) is 4.79 Å². The number of imide groups is 1. The maximum absolute atomic E-state index is 12.5. The predicted octanol–water partition coefficient (Wildman–Crippen LogP) is 2.41. The molecule has 6 heteroatoms. The molecule has 0 radical (unpaired) electrons. The van der Waals surface area contributed by atoms with Crippen molar-refractivity contribution < 1.29 is 14.4 Å². The molecule has 1 saturated heterocycles. The second-order valence-electron chi connectivity index (χ2n) is 7.30. The molecule has 6 nitrogen and oxygen atoms in total. The van der Waals surface area contributed by atoms with Gasteiger partial charge in [-0.15, -0.1) is 0 Å². The van der Waals surface area contributed by atoms with Gasteiger partial charge in [-0.2, -0.15) is 0 Å². The number of hydrogen-bond acceptors (Lipinski definition) is 3. The molecule has 1 heterocycles. The quantitative estimate of drug-likeness (QED) is 0.729. The molecule has 0 spiro atoms. The monoisotopic (exact) mass is 363 g/mol. The molecule has 0 saturated carbocycles. The number of carbonyl (C=O) groups excluding carboxylic acids is 3. The van der Waals surface area contributed by atoms with Crippen molar-refractivity contribution in [1.82, 2.24) is 10.6 Å². The van der Waals surface area contributed by atoms with Crippen LogP contribution in [0, 0.1) is 0 Å². The summed E-state index contributed by atoms with van der Waals surface area (Å²) in [6, 6.07) is 12.7. The smallest absolute Gasteiger partial charge is 0.322 e.